The zero-order valence-corrected chi connectivity index (χ0v) is 33.2. The molecule has 13 rings (SSSR count). The fraction of sp³-hybridized carbons (Fsp3) is 0. The molecule has 5 nitrogen and oxygen atoms in total. The molecule has 13 aromatic rings. The van der Waals surface area contributed by atoms with E-state index >= 15 is 0 Å². The van der Waals surface area contributed by atoms with Crippen LogP contribution in [0.2, 0.25) is 0 Å². The molecule has 0 radical (unpaired) electrons. The summed E-state index contributed by atoms with van der Waals surface area (Å²) in [6.07, 6.45) is 0. The van der Waals surface area contributed by atoms with Crippen molar-refractivity contribution in [2.24, 2.45) is 0 Å². The summed E-state index contributed by atoms with van der Waals surface area (Å²) in [6, 6.07) is 70.2. The summed E-state index contributed by atoms with van der Waals surface area (Å²) < 4.78 is 12.4. The minimum Gasteiger partial charge on any atom is -0.456 e. The first kappa shape index (κ1) is 34.5. The lowest BCUT2D eigenvalue weighted by Crippen LogP contribution is -2.00. The third-order valence-corrected chi connectivity index (χ3v) is 12.3. The van der Waals surface area contributed by atoms with Crippen molar-refractivity contribution in [2.45, 2.75) is 0 Å². The van der Waals surface area contributed by atoms with Gasteiger partial charge in [0.2, 0.25) is 0 Å². The van der Waals surface area contributed by atoms with Gasteiger partial charge in [-0.3, -0.25) is 0 Å². The van der Waals surface area contributed by atoms with Gasteiger partial charge >= 0.3 is 0 Å². The number of benzene rings is 10. The second kappa shape index (κ2) is 13.6. The van der Waals surface area contributed by atoms with Crippen LogP contribution < -0.4 is 0 Å². The Kier molecular flexibility index (Phi) is 7.54. The summed E-state index contributed by atoms with van der Waals surface area (Å²) in [6.45, 7) is 0. The molecule has 0 fully saturated rings. The van der Waals surface area contributed by atoms with E-state index in [1.54, 1.807) is 0 Å². The molecule has 0 unspecified atom stereocenters. The van der Waals surface area contributed by atoms with Gasteiger partial charge in [-0.05, 0) is 115 Å². The molecule has 0 N–H and O–H groups in total. The van der Waals surface area contributed by atoms with Gasteiger partial charge in [-0.1, -0.05) is 140 Å². The van der Waals surface area contributed by atoms with Crippen LogP contribution in [0.15, 0.2) is 209 Å². The second-order valence-corrected chi connectivity index (χ2v) is 15.9. The Morgan fingerprint density at radius 3 is 1.08 bits per heavy atom. The van der Waals surface area contributed by atoms with E-state index in [1.165, 1.54) is 49.0 Å². The first-order valence-corrected chi connectivity index (χ1v) is 20.8. The largest absolute Gasteiger partial charge is 0.456 e. The van der Waals surface area contributed by atoms with Gasteiger partial charge in [0.1, 0.15) is 22.3 Å². The van der Waals surface area contributed by atoms with Gasteiger partial charge in [0.15, 0.2) is 17.5 Å². The first-order chi connectivity index (χ1) is 30.7. The number of nitrogens with zero attached hydrogens (tertiary/aromatic N) is 3. The average Bonchev–Trinajstić information content (AvgIpc) is 3.91. The van der Waals surface area contributed by atoms with E-state index < -0.39 is 0 Å². The smallest absolute Gasteiger partial charge is 0.164 e. The highest BCUT2D eigenvalue weighted by Crippen LogP contribution is 2.42. The van der Waals surface area contributed by atoms with Crippen molar-refractivity contribution < 1.29 is 8.83 Å². The van der Waals surface area contributed by atoms with E-state index in [0.717, 1.165) is 66.1 Å². The third-order valence-electron chi connectivity index (χ3n) is 12.3. The van der Waals surface area contributed by atoms with Crippen LogP contribution in [0.25, 0.3) is 133 Å². The summed E-state index contributed by atoms with van der Waals surface area (Å²) in [5.41, 5.74) is 10.7. The third kappa shape index (κ3) is 5.45. The van der Waals surface area contributed by atoms with Crippen molar-refractivity contribution in [2.75, 3.05) is 0 Å². The number of hydrogen-bond donors (Lipinski definition) is 0. The molecule has 0 aliphatic rings. The first-order valence-electron chi connectivity index (χ1n) is 20.8. The van der Waals surface area contributed by atoms with Crippen LogP contribution in [-0.2, 0) is 0 Å². The van der Waals surface area contributed by atoms with Gasteiger partial charge in [-0.25, -0.2) is 15.0 Å². The summed E-state index contributed by atoms with van der Waals surface area (Å²) in [7, 11) is 0. The summed E-state index contributed by atoms with van der Waals surface area (Å²) in [4.78, 5) is 15.5. The highest BCUT2D eigenvalue weighted by Gasteiger charge is 2.18. The Labute approximate surface area is 355 Å². The van der Waals surface area contributed by atoms with Gasteiger partial charge in [0.25, 0.3) is 0 Å². The summed E-state index contributed by atoms with van der Waals surface area (Å²) in [5, 5.41) is 11.5. The molecule has 0 amide bonds. The molecule has 0 spiro atoms. The molecule has 0 atom stereocenters. The molecular formula is C57H33N3O2. The SMILES string of the molecule is c1ccc(-c2cc3c4ccccc4c(-c4ccc(-c5nc(-c6ccc7oc8ccccc8c7c6)nc(-c6ccc7oc8ccccc8c7c6)n5)cc4)cc3c3ccccc23)cc1. The molecule has 62 heavy (non-hydrogen) atoms. The molecule has 0 aliphatic carbocycles. The minimum absolute atomic E-state index is 0.584. The van der Waals surface area contributed by atoms with Crippen LogP contribution in [0.5, 0.6) is 0 Å². The Balaban J connectivity index is 0.973. The van der Waals surface area contributed by atoms with Crippen molar-refractivity contribution in [3.05, 3.63) is 200 Å². The Morgan fingerprint density at radius 2 is 0.581 bits per heavy atom. The van der Waals surface area contributed by atoms with E-state index in [4.69, 9.17) is 23.8 Å². The normalized spacial score (nSPS) is 11.9. The van der Waals surface area contributed by atoms with Crippen LogP contribution in [0, 0.1) is 0 Å². The molecule has 5 heteroatoms. The van der Waals surface area contributed by atoms with E-state index in [-0.39, 0.29) is 0 Å². The van der Waals surface area contributed by atoms with Crippen LogP contribution in [-0.4, -0.2) is 15.0 Å². The van der Waals surface area contributed by atoms with Crippen LogP contribution >= 0.6 is 0 Å². The van der Waals surface area contributed by atoms with Crippen molar-refractivity contribution in [3.8, 4) is 56.4 Å². The van der Waals surface area contributed by atoms with Crippen LogP contribution in [0.1, 0.15) is 0 Å². The van der Waals surface area contributed by atoms with E-state index in [2.05, 4.69) is 140 Å². The summed E-state index contributed by atoms with van der Waals surface area (Å²) >= 11 is 0. The molecule has 3 aromatic heterocycles. The highest BCUT2D eigenvalue weighted by atomic mass is 16.3. The fourth-order valence-corrected chi connectivity index (χ4v) is 9.34. The van der Waals surface area contributed by atoms with E-state index in [9.17, 15) is 0 Å². The topological polar surface area (TPSA) is 65.0 Å². The Bertz CT molecular complexity index is 3790. The Morgan fingerprint density at radius 1 is 0.226 bits per heavy atom. The molecule has 0 saturated heterocycles. The standard InChI is InChI=1S/C57H33N3O2/c1-2-12-34(13-3-1)45-32-47-42-17-7-5-15-40(42)46(33-48(47)41-16-6-4-14-39(41)45)35-22-24-36(25-23-35)55-58-56(37-26-28-53-49(30-37)43-18-8-10-20-51(43)61-53)60-57(59-55)38-27-29-54-50(31-38)44-19-9-11-21-52(44)62-54/h1-33H. The minimum atomic E-state index is 0.584. The predicted molar refractivity (Wildman–Crippen MR) is 254 cm³/mol. The van der Waals surface area contributed by atoms with Crippen molar-refractivity contribution in [3.63, 3.8) is 0 Å². The number of hydrogen-bond acceptors (Lipinski definition) is 5. The molecule has 0 saturated carbocycles. The zero-order chi connectivity index (χ0) is 40.7. The van der Waals surface area contributed by atoms with Crippen LogP contribution in [0.4, 0.5) is 0 Å². The number of rotatable bonds is 5. The second-order valence-electron chi connectivity index (χ2n) is 15.9. The molecule has 288 valence electrons. The quantitative estimate of drug-likeness (QED) is 0.162. The van der Waals surface area contributed by atoms with E-state index in [1.807, 2.05) is 60.7 Å². The fourth-order valence-electron chi connectivity index (χ4n) is 9.34. The molecule has 0 aliphatic heterocycles. The van der Waals surface area contributed by atoms with Crippen molar-refractivity contribution in [1.29, 1.82) is 0 Å². The number of fused-ring (bicyclic) bond motifs is 11. The maximum atomic E-state index is 6.18. The molecule has 10 aromatic carbocycles. The predicted octanol–water partition coefficient (Wildman–Crippen LogP) is 15.5. The van der Waals surface area contributed by atoms with Crippen molar-refractivity contribution in [1.82, 2.24) is 15.0 Å². The van der Waals surface area contributed by atoms with Crippen molar-refractivity contribution >= 4 is 76.2 Å². The average molecular weight is 792 g/mol. The van der Waals surface area contributed by atoms with Gasteiger partial charge < -0.3 is 8.83 Å². The lowest BCUT2D eigenvalue weighted by molar-refractivity contribution is 0.668. The number of para-hydroxylation sites is 2. The number of furan rings is 2. The monoisotopic (exact) mass is 791 g/mol. The molecule has 0 bridgehead atoms. The molecular weight excluding hydrogens is 759 g/mol. The van der Waals surface area contributed by atoms with Gasteiger partial charge in [0.05, 0.1) is 0 Å². The van der Waals surface area contributed by atoms with Gasteiger partial charge in [0, 0.05) is 38.2 Å². The van der Waals surface area contributed by atoms with Gasteiger partial charge in [-0.2, -0.15) is 0 Å². The maximum absolute atomic E-state index is 6.18. The lowest BCUT2D eigenvalue weighted by atomic mass is 9.87. The van der Waals surface area contributed by atoms with Crippen LogP contribution in [0.3, 0.4) is 0 Å². The maximum Gasteiger partial charge on any atom is 0.164 e. The highest BCUT2D eigenvalue weighted by molar-refractivity contribution is 6.24. The zero-order valence-electron chi connectivity index (χ0n) is 33.2. The Hall–Kier alpha value is -8.41. The summed E-state index contributed by atoms with van der Waals surface area (Å²) in [5.74, 6) is 1.76. The molecule has 3 heterocycles. The van der Waals surface area contributed by atoms with E-state index in [0.29, 0.717) is 17.5 Å². The van der Waals surface area contributed by atoms with Gasteiger partial charge in [-0.15, -0.1) is 0 Å². The number of aromatic nitrogens is 3. The lowest BCUT2D eigenvalue weighted by Gasteiger charge is -2.16.